The number of ether oxygens (including phenoxy) is 1. The van der Waals surface area contributed by atoms with Gasteiger partial charge in [0.15, 0.2) is 0 Å². The van der Waals surface area contributed by atoms with Crippen LogP contribution < -0.4 is 0 Å². The van der Waals surface area contributed by atoms with E-state index in [4.69, 9.17) is 16.3 Å². The highest BCUT2D eigenvalue weighted by molar-refractivity contribution is 6.20. The Kier molecular flexibility index (Phi) is 19.1. The van der Waals surface area contributed by atoms with E-state index in [-0.39, 0.29) is 5.38 Å². The summed E-state index contributed by atoms with van der Waals surface area (Å²) in [5.41, 5.74) is 0. The van der Waals surface area contributed by atoms with Gasteiger partial charge in [0.2, 0.25) is 0 Å². The predicted molar refractivity (Wildman–Crippen MR) is 105 cm³/mol. The van der Waals surface area contributed by atoms with Crippen LogP contribution in [0.15, 0.2) is 36.5 Å². The Hall–Kier alpha value is -0.530. The number of unbranched alkanes of at least 4 members (excludes halogenated alkanes) is 4. The molecule has 0 aliphatic rings. The summed E-state index contributed by atoms with van der Waals surface area (Å²) < 4.78 is 5.46. The van der Waals surface area contributed by atoms with Gasteiger partial charge in [-0.25, -0.2) is 0 Å². The van der Waals surface area contributed by atoms with Crippen LogP contribution in [0.4, 0.5) is 0 Å². The third-order valence-corrected chi connectivity index (χ3v) is 3.91. The molecule has 1 nitrogen and oxygen atoms in total. The van der Waals surface area contributed by atoms with Gasteiger partial charge < -0.3 is 4.74 Å². The van der Waals surface area contributed by atoms with E-state index < -0.39 is 0 Å². The number of rotatable bonds is 16. The first-order valence-electron chi connectivity index (χ1n) is 9.48. The molecular weight excluding hydrogens is 304 g/mol. The highest BCUT2D eigenvalue weighted by Crippen LogP contribution is 2.12. The van der Waals surface area contributed by atoms with Gasteiger partial charge in [-0.2, -0.15) is 0 Å². The van der Waals surface area contributed by atoms with E-state index in [0.717, 1.165) is 38.7 Å². The second kappa shape index (κ2) is 19.5. The largest absolute Gasteiger partial charge is 0.380 e. The molecule has 0 aromatic carbocycles. The molecule has 0 rings (SSSR count). The lowest BCUT2D eigenvalue weighted by Crippen LogP contribution is -2.09. The Morgan fingerprint density at radius 2 is 1.48 bits per heavy atom. The molecular formula is C21H37ClO. The van der Waals surface area contributed by atoms with Crippen molar-refractivity contribution in [1.29, 1.82) is 0 Å². The minimum absolute atomic E-state index is 0.195. The molecule has 0 N–H and O–H groups in total. The molecule has 0 saturated carbocycles. The molecule has 0 spiro atoms. The van der Waals surface area contributed by atoms with Gasteiger partial charge in [0.1, 0.15) is 0 Å². The summed E-state index contributed by atoms with van der Waals surface area (Å²) in [5.74, 6) is 0. The van der Waals surface area contributed by atoms with Crippen LogP contribution in [0.1, 0.15) is 78.1 Å². The number of halogens is 1. The summed E-state index contributed by atoms with van der Waals surface area (Å²) in [7, 11) is 0. The average Bonchev–Trinajstić information content (AvgIpc) is 2.55. The van der Waals surface area contributed by atoms with Gasteiger partial charge in [-0.15, -0.1) is 11.6 Å². The second-order valence-electron chi connectivity index (χ2n) is 5.96. The molecule has 0 amide bonds. The Labute approximate surface area is 149 Å². The molecule has 1 unspecified atom stereocenters. The molecule has 23 heavy (non-hydrogen) atoms. The molecule has 1 atom stereocenters. The molecule has 0 aliphatic heterocycles. The van der Waals surface area contributed by atoms with Crippen molar-refractivity contribution in [2.45, 2.75) is 83.4 Å². The van der Waals surface area contributed by atoms with Crippen LogP contribution in [0.5, 0.6) is 0 Å². The summed E-state index contributed by atoms with van der Waals surface area (Å²) in [6.07, 6.45) is 25.2. The summed E-state index contributed by atoms with van der Waals surface area (Å²) in [4.78, 5) is 0. The molecule has 0 radical (unpaired) electrons. The summed E-state index contributed by atoms with van der Waals surface area (Å²) in [6.45, 7) is 5.83. The van der Waals surface area contributed by atoms with Crippen molar-refractivity contribution >= 4 is 11.6 Å². The van der Waals surface area contributed by atoms with Crippen LogP contribution in [-0.4, -0.2) is 18.6 Å². The van der Waals surface area contributed by atoms with Gasteiger partial charge in [0, 0.05) is 6.61 Å². The van der Waals surface area contributed by atoms with E-state index >= 15 is 0 Å². The van der Waals surface area contributed by atoms with Gasteiger partial charge in [0.25, 0.3) is 0 Å². The summed E-state index contributed by atoms with van der Waals surface area (Å²) >= 11 is 6.22. The van der Waals surface area contributed by atoms with Crippen molar-refractivity contribution in [1.82, 2.24) is 0 Å². The van der Waals surface area contributed by atoms with E-state index in [1.807, 2.05) is 0 Å². The molecule has 0 fully saturated rings. The molecule has 134 valence electrons. The first-order valence-corrected chi connectivity index (χ1v) is 9.91. The predicted octanol–water partition coefficient (Wildman–Crippen LogP) is 7.22. The summed E-state index contributed by atoms with van der Waals surface area (Å²) in [5, 5.41) is 0.195. The van der Waals surface area contributed by atoms with Gasteiger partial charge >= 0.3 is 0 Å². The first-order chi connectivity index (χ1) is 11.3. The molecule has 0 saturated heterocycles. The second-order valence-corrected chi connectivity index (χ2v) is 6.57. The minimum Gasteiger partial charge on any atom is -0.380 e. The zero-order valence-corrected chi connectivity index (χ0v) is 16.1. The molecule has 0 bridgehead atoms. The van der Waals surface area contributed by atoms with Crippen molar-refractivity contribution < 1.29 is 4.74 Å². The zero-order valence-electron chi connectivity index (χ0n) is 15.3. The van der Waals surface area contributed by atoms with E-state index in [2.05, 4.69) is 50.3 Å². The molecule has 0 heterocycles. The van der Waals surface area contributed by atoms with Gasteiger partial charge in [-0.3, -0.25) is 0 Å². The van der Waals surface area contributed by atoms with E-state index in [1.165, 1.54) is 32.1 Å². The Bertz CT molecular complexity index is 307. The quantitative estimate of drug-likeness (QED) is 0.164. The maximum absolute atomic E-state index is 6.22. The molecule has 0 aliphatic carbocycles. The van der Waals surface area contributed by atoms with Crippen molar-refractivity contribution in [2.24, 2.45) is 0 Å². The van der Waals surface area contributed by atoms with Crippen LogP contribution in [-0.2, 0) is 4.74 Å². The van der Waals surface area contributed by atoms with Crippen LogP contribution >= 0.6 is 11.6 Å². The fourth-order valence-electron chi connectivity index (χ4n) is 2.25. The SMILES string of the molecule is CC/C=C\C/C=C\C/C=C\CCCCCCC(Cl)COCCC. The van der Waals surface area contributed by atoms with Crippen LogP contribution in [0, 0.1) is 0 Å². The minimum atomic E-state index is 0.195. The lowest BCUT2D eigenvalue weighted by atomic mass is 10.1. The smallest absolute Gasteiger partial charge is 0.0630 e. The Morgan fingerprint density at radius 1 is 0.826 bits per heavy atom. The van der Waals surface area contributed by atoms with Crippen molar-refractivity contribution in [3.63, 3.8) is 0 Å². The highest BCUT2D eigenvalue weighted by Gasteiger charge is 2.03. The average molecular weight is 341 g/mol. The highest BCUT2D eigenvalue weighted by atomic mass is 35.5. The third-order valence-electron chi connectivity index (χ3n) is 3.57. The number of hydrogen-bond acceptors (Lipinski definition) is 1. The topological polar surface area (TPSA) is 9.23 Å². The standard InChI is InChI=1S/C21H37ClO/c1-3-5-6-7-8-9-10-11-12-13-14-15-16-17-18-21(22)20-23-19-4-2/h5-6,8-9,11-12,21H,3-4,7,10,13-20H2,1-2H3/b6-5-,9-8-,12-11-. The van der Waals surface area contributed by atoms with Gasteiger partial charge in [0.05, 0.1) is 12.0 Å². The molecule has 0 aromatic rings. The van der Waals surface area contributed by atoms with Crippen LogP contribution in [0.25, 0.3) is 0 Å². The monoisotopic (exact) mass is 340 g/mol. The van der Waals surface area contributed by atoms with Crippen LogP contribution in [0.2, 0.25) is 0 Å². The first kappa shape index (κ1) is 22.5. The zero-order chi connectivity index (χ0) is 17.0. The summed E-state index contributed by atoms with van der Waals surface area (Å²) in [6, 6.07) is 0. The number of alkyl halides is 1. The fraction of sp³-hybridized carbons (Fsp3) is 0.714. The lowest BCUT2D eigenvalue weighted by molar-refractivity contribution is 0.132. The lowest BCUT2D eigenvalue weighted by Gasteiger charge is -2.09. The van der Waals surface area contributed by atoms with Crippen molar-refractivity contribution in [3.8, 4) is 0 Å². The van der Waals surface area contributed by atoms with Crippen LogP contribution in [0.3, 0.4) is 0 Å². The Morgan fingerprint density at radius 3 is 2.17 bits per heavy atom. The maximum Gasteiger partial charge on any atom is 0.0630 e. The van der Waals surface area contributed by atoms with Gasteiger partial charge in [-0.1, -0.05) is 69.6 Å². The number of hydrogen-bond donors (Lipinski definition) is 0. The molecule has 0 aromatic heterocycles. The maximum atomic E-state index is 6.22. The molecule has 2 heteroatoms. The Balaban J connectivity index is 3.29. The van der Waals surface area contributed by atoms with E-state index in [1.54, 1.807) is 0 Å². The van der Waals surface area contributed by atoms with E-state index in [9.17, 15) is 0 Å². The number of allylic oxidation sites excluding steroid dienone is 6. The normalized spacial score (nSPS) is 13.7. The van der Waals surface area contributed by atoms with Gasteiger partial charge in [-0.05, 0) is 44.9 Å². The van der Waals surface area contributed by atoms with E-state index in [0.29, 0.717) is 6.61 Å². The van der Waals surface area contributed by atoms with Crippen molar-refractivity contribution in [2.75, 3.05) is 13.2 Å². The third kappa shape index (κ3) is 19.4. The van der Waals surface area contributed by atoms with Crippen molar-refractivity contribution in [3.05, 3.63) is 36.5 Å². The fourth-order valence-corrected chi connectivity index (χ4v) is 2.49.